The maximum Gasteiger partial charge on any atom is 0.241 e. The molecule has 1 N–H and O–H groups in total. The zero-order valence-corrected chi connectivity index (χ0v) is 14.3. The number of carbonyl (C=O) groups excluding carboxylic acids is 1. The van der Waals surface area contributed by atoms with Crippen LogP contribution in [0.1, 0.15) is 73.6 Å². The van der Waals surface area contributed by atoms with E-state index in [-0.39, 0.29) is 12.2 Å². The molecular weight excluding hydrogens is 248 g/mol. The molecule has 118 valence electrons. The first kappa shape index (κ1) is 17.5. The highest BCUT2D eigenvalue weighted by atomic mass is 16.2. The Balaban J connectivity index is 2.86. The van der Waals surface area contributed by atoms with Gasteiger partial charge in [-0.1, -0.05) is 48.0 Å². The van der Waals surface area contributed by atoms with Crippen LogP contribution in [0, 0.1) is 11.8 Å². The van der Waals surface area contributed by atoms with Crippen LogP contribution in [0.15, 0.2) is 0 Å². The van der Waals surface area contributed by atoms with Gasteiger partial charge in [-0.05, 0) is 37.5 Å². The van der Waals surface area contributed by atoms with E-state index < -0.39 is 0 Å². The standard InChI is InChI=1S/C17H34N2O/c1-7-9-14(8-2)19-16(11-13(5)6)18-15(17(19)20)10-12(3)4/h12-16,18H,7-11H2,1-6H3. The van der Waals surface area contributed by atoms with Crippen LogP contribution in [0.2, 0.25) is 0 Å². The predicted octanol–water partition coefficient (Wildman–Crippen LogP) is 3.78. The number of hydrogen-bond donors (Lipinski definition) is 1. The summed E-state index contributed by atoms with van der Waals surface area (Å²) in [6, 6.07) is 0.436. The number of hydrogen-bond acceptors (Lipinski definition) is 2. The van der Waals surface area contributed by atoms with Crippen LogP contribution in [-0.4, -0.2) is 29.1 Å². The van der Waals surface area contributed by atoms with Crippen molar-refractivity contribution in [1.29, 1.82) is 0 Å². The number of nitrogens with zero attached hydrogens (tertiary/aromatic N) is 1. The molecule has 0 radical (unpaired) electrons. The predicted molar refractivity (Wildman–Crippen MR) is 85.5 cm³/mol. The van der Waals surface area contributed by atoms with Gasteiger partial charge in [-0.2, -0.15) is 0 Å². The first-order chi connectivity index (χ1) is 9.40. The molecule has 1 aliphatic heterocycles. The Hall–Kier alpha value is -0.570. The summed E-state index contributed by atoms with van der Waals surface area (Å²) in [6.45, 7) is 13.3. The van der Waals surface area contributed by atoms with Crippen LogP contribution >= 0.6 is 0 Å². The third-order valence-corrected chi connectivity index (χ3v) is 4.17. The molecule has 3 nitrogen and oxygen atoms in total. The van der Waals surface area contributed by atoms with E-state index in [0.29, 0.717) is 23.8 Å². The van der Waals surface area contributed by atoms with Crippen molar-refractivity contribution in [2.75, 3.05) is 0 Å². The molecule has 1 aliphatic rings. The zero-order valence-electron chi connectivity index (χ0n) is 14.3. The van der Waals surface area contributed by atoms with E-state index in [1.54, 1.807) is 0 Å². The fourth-order valence-corrected chi connectivity index (χ4v) is 3.29. The van der Waals surface area contributed by atoms with E-state index in [9.17, 15) is 4.79 Å². The molecule has 1 heterocycles. The Labute approximate surface area is 125 Å². The SMILES string of the molecule is CCCC(CC)N1C(=O)C(CC(C)C)NC1CC(C)C. The summed E-state index contributed by atoms with van der Waals surface area (Å²) < 4.78 is 0. The molecule has 0 spiro atoms. The fourth-order valence-electron chi connectivity index (χ4n) is 3.29. The Kier molecular flexibility index (Phi) is 7.01. The molecule has 1 rings (SSSR count). The number of amides is 1. The molecule has 1 amide bonds. The average Bonchev–Trinajstić information content (AvgIpc) is 2.62. The third-order valence-electron chi connectivity index (χ3n) is 4.17. The highest BCUT2D eigenvalue weighted by molar-refractivity contribution is 5.84. The molecule has 3 atom stereocenters. The van der Waals surface area contributed by atoms with Crippen molar-refractivity contribution in [3.63, 3.8) is 0 Å². The molecular formula is C17H34N2O. The third kappa shape index (κ3) is 4.47. The van der Waals surface area contributed by atoms with Crippen LogP contribution in [0.3, 0.4) is 0 Å². The van der Waals surface area contributed by atoms with Gasteiger partial charge in [0.05, 0.1) is 12.2 Å². The van der Waals surface area contributed by atoms with Gasteiger partial charge >= 0.3 is 0 Å². The maximum absolute atomic E-state index is 12.8. The van der Waals surface area contributed by atoms with E-state index in [4.69, 9.17) is 0 Å². The van der Waals surface area contributed by atoms with Crippen LogP contribution in [-0.2, 0) is 4.79 Å². The zero-order chi connectivity index (χ0) is 15.3. The summed E-state index contributed by atoms with van der Waals surface area (Å²) in [4.78, 5) is 14.9. The number of rotatable bonds is 8. The molecule has 1 fully saturated rings. The minimum Gasteiger partial charge on any atom is -0.323 e. The van der Waals surface area contributed by atoms with Gasteiger partial charge in [-0.15, -0.1) is 0 Å². The molecule has 0 saturated carbocycles. The van der Waals surface area contributed by atoms with E-state index in [1.165, 1.54) is 0 Å². The van der Waals surface area contributed by atoms with E-state index >= 15 is 0 Å². The summed E-state index contributed by atoms with van der Waals surface area (Å²) in [6.07, 6.45) is 5.57. The van der Waals surface area contributed by atoms with Gasteiger partial charge in [0.25, 0.3) is 0 Å². The van der Waals surface area contributed by atoms with Gasteiger partial charge in [-0.25, -0.2) is 0 Å². The van der Waals surface area contributed by atoms with Crippen molar-refractivity contribution >= 4 is 5.91 Å². The van der Waals surface area contributed by atoms with Gasteiger partial charge in [0.2, 0.25) is 5.91 Å². The first-order valence-electron chi connectivity index (χ1n) is 8.48. The highest BCUT2D eigenvalue weighted by Gasteiger charge is 2.41. The van der Waals surface area contributed by atoms with Crippen molar-refractivity contribution in [1.82, 2.24) is 10.2 Å². The lowest BCUT2D eigenvalue weighted by Crippen LogP contribution is -2.45. The Morgan fingerprint density at radius 3 is 2.15 bits per heavy atom. The summed E-state index contributed by atoms with van der Waals surface area (Å²) in [5.74, 6) is 1.51. The van der Waals surface area contributed by atoms with Gasteiger partial charge in [0, 0.05) is 6.04 Å². The van der Waals surface area contributed by atoms with Gasteiger partial charge in [0.15, 0.2) is 0 Å². The van der Waals surface area contributed by atoms with Crippen LogP contribution < -0.4 is 5.32 Å². The molecule has 0 aromatic heterocycles. The fraction of sp³-hybridized carbons (Fsp3) is 0.941. The van der Waals surface area contributed by atoms with Crippen LogP contribution in [0.5, 0.6) is 0 Å². The quantitative estimate of drug-likeness (QED) is 0.734. The Bertz CT molecular complexity index is 301. The van der Waals surface area contributed by atoms with Crippen molar-refractivity contribution in [2.45, 2.75) is 91.9 Å². The van der Waals surface area contributed by atoms with Crippen molar-refractivity contribution in [2.24, 2.45) is 11.8 Å². The molecule has 3 unspecified atom stereocenters. The summed E-state index contributed by atoms with van der Waals surface area (Å²) >= 11 is 0. The lowest BCUT2D eigenvalue weighted by Gasteiger charge is -2.33. The lowest BCUT2D eigenvalue weighted by atomic mass is 10.0. The second-order valence-electron chi connectivity index (χ2n) is 7.09. The largest absolute Gasteiger partial charge is 0.323 e. The Morgan fingerprint density at radius 2 is 1.70 bits per heavy atom. The lowest BCUT2D eigenvalue weighted by molar-refractivity contribution is -0.133. The van der Waals surface area contributed by atoms with Gasteiger partial charge in [-0.3, -0.25) is 10.1 Å². The van der Waals surface area contributed by atoms with E-state index in [2.05, 4.69) is 51.8 Å². The van der Waals surface area contributed by atoms with Crippen molar-refractivity contribution in [3.8, 4) is 0 Å². The number of nitrogens with one attached hydrogen (secondary N) is 1. The van der Waals surface area contributed by atoms with E-state index in [0.717, 1.165) is 32.1 Å². The minimum atomic E-state index is 0.0321. The molecule has 0 bridgehead atoms. The second kappa shape index (κ2) is 8.02. The summed E-state index contributed by atoms with van der Waals surface area (Å²) in [7, 11) is 0. The molecule has 20 heavy (non-hydrogen) atoms. The normalized spacial score (nSPS) is 25.0. The number of carbonyl (C=O) groups is 1. The topological polar surface area (TPSA) is 32.3 Å². The molecule has 1 saturated heterocycles. The summed E-state index contributed by atoms with van der Waals surface area (Å²) in [5.41, 5.74) is 0. The highest BCUT2D eigenvalue weighted by Crippen LogP contribution is 2.26. The van der Waals surface area contributed by atoms with Crippen LogP contribution in [0.25, 0.3) is 0 Å². The van der Waals surface area contributed by atoms with Crippen LogP contribution in [0.4, 0.5) is 0 Å². The first-order valence-corrected chi connectivity index (χ1v) is 8.48. The van der Waals surface area contributed by atoms with Crippen molar-refractivity contribution < 1.29 is 4.79 Å². The molecule has 0 aliphatic carbocycles. The smallest absolute Gasteiger partial charge is 0.241 e. The van der Waals surface area contributed by atoms with E-state index in [1.807, 2.05) is 0 Å². The van der Waals surface area contributed by atoms with Crippen molar-refractivity contribution in [3.05, 3.63) is 0 Å². The second-order valence-corrected chi connectivity index (χ2v) is 7.09. The Morgan fingerprint density at radius 1 is 1.10 bits per heavy atom. The minimum absolute atomic E-state index is 0.0321. The van der Waals surface area contributed by atoms with Gasteiger partial charge < -0.3 is 4.90 Å². The maximum atomic E-state index is 12.8. The molecule has 0 aromatic carbocycles. The molecule has 0 aromatic rings. The average molecular weight is 282 g/mol. The monoisotopic (exact) mass is 282 g/mol. The molecule has 3 heteroatoms. The van der Waals surface area contributed by atoms with Gasteiger partial charge in [0.1, 0.15) is 0 Å². The summed E-state index contributed by atoms with van der Waals surface area (Å²) in [5, 5.41) is 3.60.